The van der Waals surface area contributed by atoms with Crippen LogP contribution in [0.1, 0.15) is 50.8 Å². The van der Waals surface area contributed by atoms with Crippen LogP contribution in [0.25, 0.3) is 11.1 Å². The molecule has 1 atom stereocenters. The lowest BCUT2D eigenvalue weighted by Gasteiger charge is -2.29. The molecule has 0 nitrogen and oxygen atoms in total. The number of hydrogen-bond donors (Lipinski definition) is 0. The fourth-order valence-electron chi connectivity index (χ4n) is 4.08. The average molecular weight is 338 g/mol. The molecular formula is C26H26. The third-order valence-corrected chi connectivity index (χ3v) is 5.49. The van der Waals surface area contributed by atoms with Gasteiger partial charge in [0, 0.05) is 5.41 Å². The largest absolute Gasteiger partial charge is 0.0961 e. The molecule has 0 N–H and O–H groups in total. The Labute approximate surface area is 157 Å². The summed E-state index contributed by atoms with van der Waals surface area (Å²) in [4.78, 5) is 0. The van der Waals surface area contributed by atoms with Gasteiger partial charge in [-0.2, -0.15) is 0 Å². The number of hydrogen-bond acceptors (Lipinski definition) is 0. The molecule has 2 aromatic carbocycles. The minimum atomic E-state index is -0.246. The van der Waals surface area contributed by atoms with Gasteiger partial charge in [-0.15, -0.1) is 0 Å². The van der Waals surface area contributed by atoms with Crippen LogP contribution in [0.15, 0.2) is 66.3 Å². The fraction of sp³-hybridized carbons (Fsp3) is 0.308. The third kappa shape index (κ3) is 2.82. The molecule has 0 amide bonds. The van der Waals surface area contributed by atoms with Gasteiger partial charge in [0.2, 0.25) is 0 Å². The summed E-state index contributed by atoms with van der Waals surface area (Å²) in [5.41, 5.74) is 8.17. The molecule has 0 bridgehead atoms. The Hall–Kier alpha value is -2.52. The van der Waals surface area contributed by atoms with Gasteiger partial charge in [-0.1, -0.05) is 72.5 Å². The smallest absolute Gasteiger partial charge is 0.0753 e. The van der Waals surface area contributed by atoms with Crippen LogP contribution in [-0.2, 0) is 11.8 Å². The lowest BCUT2D eigenvalue weighted by atomic mass is 9.72. The summed E-state index contributed by atoms with van der Waals surface area (Å²) in [6.45, 7) is 8.87. The molecule has 26 heavy (non-hydrogen) atoms. The van der Waals surface area contributed by atoms with E-state index in [1.807, 2.05) is 0 Å². The van der Waals surface area contributed by atoms with Crippen molar-refractivity contribution in [3.8, 4) is 23.0 Å². The Balaban J connectivity index is 1.90. The van der Waals surface area contributed by atoms with Gasteiger partial charge in [0.1, 0.15) is 0 Å². The molecule has 0 aromatic heterocycles. The van der Waals surface area contributed by atoms with E-state index >= 15 is 0 Å². The van der Waals surface area contributed by atoms with E-state index in [0.29, 0.717) is 0 Å². The molecule has 0 aliphatic heterocycles. The molecule has 0 spiro atoms. The number of rotatable bonds is 2. The number of allylic oxidation sites excluding steroid dienone is 4. The van der Waals surface area contributed by atoms with Crippen molar-refractivity contribution < 1.29 is 0 Å². The first-order valence-corrected chi connectivity index (χ1v) is 9.50. The SMILES string of the molecule is CC(C)(C)C#CC(C)(C1=CC=CC1)c1cccc2c1Cc1ccccc1-2. The van der Waals surface area contributed by atoms with Crippen molar-refractivity contribution in [3.63, 3.8) is 0 Å². The molecule has 2 aromatic rings. The maximum atomic E-state index is 3.69. The van der Waals surface area contributed by atoms with Gasteiger partial charge in [0.05, 0.1) is 5.41 Å². The van der Waals surface area contributed by atoms with Crippen molar-refractivity contribution in [1.82, 2.24) is 0 Å². The zero-order valence-electron chi connectivity index (χ0n) is 16.2. The van der Waals surface area contributed by atoms with Gasteiger partial charge in [0.25, 0.3) is 0 Å². The van der Waals surface area contributed by atoms with E-state index in [1.54, 1.807) is 0 Å². The van der Waals surface area contributed by atoms with Gasteiger partial charge >= 0.3 is 0 Å². The van der Waals surface area contributed by atoms with Crippen LogP contribution in [0.3, 0.4) is 0 Å². The van der Waals surface area contributed by atoms with Gasteiger partial charge in [-0.25, -0.2) is 0 Å². The van der Waals surface area contributed by atoms with Crippen molar-refractivity contribution in [2.45, 2.75) is 46.0 Å². The first kappa shape index (κ1) is 16.9. The van der Waals surface area contributed by atoms with Gasteiger partial charge in [-0.05, 0) is 73.9 Å². The molecule has 0 heterocycles. The zero-order chi connectivity index (χ0) is 18.4. The second kappa shape index (κ2) is 6.03. The highest BCUT2D eigenvalue weighted by Gasteiger charge is 2.34. The summed E-state index contributed by atoms with van der Waals surface area (Å²) in [6, 6.07) is 15.6. The molecule has 0 saturated carbocycles. The van der Waals surface area contributed by atoms with Gasteiger partial charge in [0.15, 0.2) is 0 Å². The average Bonchev–Trinajstić information content (AvgIpc) is 3.26. The topological polar surface area (TPSA) is 0 Å². The predicted octanol–water partition coefficient (Wildman–Crippen LogP) is 6.45. The standard InChI is InChI=1S/C26H26/c1-25(2,3)16-17-26(4,20-11-6-7-12-20)24-15-9-14-22-21-13-8-5-10-19(21)18-23(22)24/h5-11,13-15H,12,18H2,1-4H3. The summed E-state index contributed by atoms with van der Waals surface area (Å²) >= 11 is 0. The maximum absolute atomic E-state index is 3.69. The highest BCUT2D eigenvalue weighted by molar-refractivity contribution is 5.79. The molecule has 1 unspecified atom stereocenters. The molecule has 4 rings (SSSR count). The predicted molar refractivity (Wildman–Crippen MR) is 111 cm³/mol. The lowest BCUT2D eigenvalue weighted by molar-refractivity contribution is 0.566. The molecule has 0 fully saturated rings. The van der Waals surface area contributed by atoms with Gasteiger partial charge in [-0.3, -0.25) is 0 Å². The highest BCUT2D eigenvalue weighted by Crippen LogP contribution is 2.45. The van der Waals surface area contributed by atoms with E-state index < -0.39 is 0 Å². The van der Waals surface area contributed by atoms with Crippen molar-refractivity contribution >= 4 is 0 Å². The Morgan fingerprint density at radius 2 is 1.62 bits per heavy atom. The van der Waals surface area contributed by atoms with Crippen molar-refractivity contribution in [1.29, 1.82) is 0 Å². The van der Waals surface area contributed by atoms with Crippen LogP contribution in [0, 0.1) is 17.3 Å². The quantitative estimate of drug-likeness (QED) is 0.471. The summed E-state index contributed by atoms with van der Waals surface area (Å²) in [7, 11) is 0. The summed E-state index contributed by atoms with van der Waals surface area (Å²) in [5.74, 6) is 7.22. The zero-order valence-corrected chi connectivity index (χ0v) is 16.2. The summed E-state index contributed by atoms with van der Waals surface area (Å²) in [6.07, 6.45) is 8.68. The number of fused-ring (bicyclic) bond motifs is 3. The first-order valence-electron chi connectivity index (χ1n) is 9.50. The Kier molecular flexibility index (Phi) is 3.92. The summed E-state index contributed by atoms with van der Waals surface area (Å²) in [5, 5.41) is 0. The van der Waals surface area contributed by atoms with Gasteiger partial charge < -0.3 is 0 Å². The third-order valence-electron chi connectivity index (χ3n) is 5.49. The van der Waals surface area contributed by atoms with Crippen molar-refractivity contribution in [2.75, 3.05) is 0 Å². The van der Waals surface area contributed by atoms with Crippen LogP contribution in [-0.4, -0.2) is 0 Å². The molecule has 0 heteroatoms. The van der Waals surface area contributed by atoms with Crippen molar-refractivity contribution in [2.24, 2.45) is 5.41 Å². The van der Waals surface area contributed by atoms with E-state index in [2.05, 4.69) is 100 Å². The second-order valence-corrected chi connectivity index (χ2v) is 8.61. The van der Waals surface area contributed by atoms with Crippen LogP contribution in [0.2, 0.25) is 0 Å². The Morgan fingerprint density at radius 1 is 0.846 bits per heavy atom. The molecule has 2 aliphatic rings. The minimum Gasteiger partial charge on any atom is -0.0961 e. The van der Waals surface area contributed by atoms with Crippen LogP contribution >= 0.6 is 0 Å². The monoisotopic (exact) mass is 338 g/mol. The van der Waals surface area contributed by atoms with Crippen LogP contribution in [0.4, 0.5) is 0 Å². The van der Waals surface area contributed by atoms with E-state index in [4.69, 9.17) is 0 Å². The molecular weight excluding hydrogens is 312 g/mol. The lowest BCUT2D eigenvalue weighted by Crippen LogP contribution is -2.24. The van der Waals surface area contributed by atoms with Crippen LogP contribution < -0.4 is 0 Å². The normalized spacial score (nSPS) is 17.0. The number of benzene rings is 2. The second-order valence-electron chi connectivity index (χ2n) is 8.61. The maximum Gasteiger partial charge on any atom is 0.0753 e. The van der Waals surface area contributed by atoms with E-state index in [-0.39, 0.29) is 10.8 Å². The fourth-order valence-corrected chi connectivity index (χ4v) is 4.08. The molecule has 2 aliphatic carbocycles. The van der Waals surface area contributed by atoms with E-state index in [0.717, 1.165) is 12.8 Å². The first-order chi connectivity index (χ1) is 12.4. The Bertz CT molecular complexity index is 983. The summed E-state index contributed by atoms with van der Waals surface area (Å²) < 4.78 is 0. The molecule has 0 saturated heterocycles. The van der Waals surface area contributed by atoms with E-state index in [9.17, 15) is 0 Å². The molecule has 130 valence electrons. The highest BCUT2D eigenvalue weighted by atomic mass is 14.4. The van der Waals surface area contributed by atoms with Crippen molar-refractivity contribution in [3.05, 3.63) is 83.0 Å². The molecule has 0 radical (unpaired) electrons. The Morgan fingerprint density at radius 3 is 2.35 bits per heavy atom. The van der Waals surface area contributed by atoms with Crippen LogP contribution in [0.5, 0.6) is 0 Å². The minimum absolute atomic E-state index is 0.00519. The van der Waals surface area contributed by atoms with E-state index in [1.165, 1.54) is 33.4 Å².